The van der Waals surface area contributed by atoms with Crippen LogP contribution in [0.5, 0.6) is 0 Å². The molecule has 1 saturated heterocycles. The van der Waals surface area contributed by atoms with E-state index in [0.29, 0.717) is 19.6 Å². The molecule has 5 nitrogen and oxygen atoms in total. The zero-order valence-corrected chi connectivity index (χ0v) is 11.8. The Bertz CT molecular complexity index is 392. The zero-order chi connectivity index (χ0) is 13.0. The lowest BCUT2D eigenvalue weighted by molar-refractivity contribution is 0.230. The van der Waals surface area contributed by atoms with Crippen molar-refractivity contribution in [3.63, 3.8) is 0 Å². The molecular weight excluding hydrogens is 250 g/mol. The van der Waals surface area contributed by atoms with Gasteiger partial charge in [0.2, 0.25) is 0 Å². The van der Waals surface area contributed by atoms with Gasteiger partial charge in [0.25, 0.3) is 10.2 Å². The highest BCUT2D eigenvalue weighted by Crippen LogP contribution is 2.23. The van der Waals surface area contributed by atoms with E-state index in [-0.39, 0.29) is 6.04 Å². The summed E-state index contributed by atoms with van der Waals surface area (Å²) in [6, 6.07) is 0.111. The minimum Gasteiger partial charge on any atom is -0.318 e. The Morgan fingerprint density at radius 1 is 1.28 bits per heavy atom. The predicted molar refractivity (Wildman–Crippen MR) is 72.5 cm³/mol. The van der Waals surface area contributed by atoms with Crippen LogP contribution >= 0.6 is 0 Å². The second-order valence-corrected chi connectivity index (χ2v) is 6.82. The van der Waals surface area contributed by atoms with Gasteiger partial charge in [-0.3, -0.25) is 0 Å². The van der Waals surface area contributed by atoms with Crippen molar-refractivity contribution in [1.29, 1.82) is 0 Å². The lowest BCUT2D eigenvalue weighted by atomic mass is 10.1. The highest BCUT2D eigenvalue weighted by molar-refractivity contribution is 7.86. The van der Waals surface area contributed by atoms with Crippen molar-refractivity contribution in [2.24, 2.45) is 0 Å². The molecule has 6 heteroatoms. The summed E-state index contributed by atoms with van der Waals surface area (Å²) in [5, 5.41) is 3.10. The Morgan fingerprint density at radius 3 is 2.78 bits per heavy atom. The minimum absolute atomic E-state index is 0.111. The first-order chi connectivity index (χ1) is 8.66. The van der Waals surface area contributed by atoms with Crippen molar-refractivity contribution >= 4 is 10.2 Å². The van der Waals surface area contributed by atoms with E-state index in [9.17, 15) is 8.42 Å². The van der Waals surface area contributed by atoms with E-state index >= 15 is 0 Å². The second kappa shape index (κ2) is 6.14. The Morgan fingerprint density at radius 2 is 2.11 bits per heavy atom. The average Bonchev–Trinajstić information content (AvgIpc) is 2.41. The normalized spacial score (nSPS) is 27.5. The lowest BCUT2D eigenvalue weighted by Gasteiger charge is -2.38. The third kappa shape index (κ3) is 2.93. The molecule has 0 aromatic rings. The molecule has 1 fully saturated rings. The maximum absolute atomic E-state index is 12.6. The molecule has 1 atom stereocenters. The van der Waals surface area contributed by atoms with E-state index in [1.807, 2.05) is 19.2 Å². The predicted octanol–water partition coefficient (Wildman–Crippen LogP) is 0.567. The number of rotatable bonds is 4. The van der Waals surface area contributed by atoms with Gasteiger partial charge in [0.1, 0.15) is 0 Å². The van der Waals surface area contributed by atoms with E-state index in [2.05, 4.69) is 5.32 Å². The Labute approximate surface area is 110 Å². The van der Waals surface area contributed by atoms with Crippen LogP contribution in [-0.2, 0) is 10.2 Å². The SMILES string of the molecule is CNCC1CCCCN1S(=O)(=O)N1CC=CCC1. The summed E-state index contributed by atoms with van der Waals surface area (Å²) < 4.78 is 28.5. The molecule has 0 bridgehead atoms. The van der Waals surface area contributed by atoms with E-state index in [1.165, 1.54) is 0 Å². The fourth-order valence-electron chi connectivity index (χ4n) is 2.70. The zero-order valence-electron chi connectivity index (χ0n) is 11.0. The first-order valence-corrected chi connectivity index (χ1v) is 8.12. The van der Waals surface area contributed by atoms with Gasteiger partial charge in [-0.2, -0.15) is 17.0 Å². The van der Waals surface area contributed by atoms with Gasteiger partial charge < -0.3 is 5.32 Å². The highest BCUT2D eigenvalue weighted by atomic mass is 32.2. The van der Waals surface area contributed by atoms with Gasteiger partial charge in [-0.1, -0.05) is 18.6 Å². The summed E-state index contributed by atoms with van der Waals surface area (Å²) in [5.41, 5.74) is 0. The van der Waals surface area contributed by atoms with Crippen molar-refractivity contribution in [2.45, 2.75) is 31.7 Å². The van der Waals surface area contributed by atoms with Crippen molar-refractivity contribution in [2.75, 3.05) is 33.2 Å². The van der Waals surface area contributed by atoms with Crippen molar-refractivity contribution < 1.29 is 8.42 Å². The lowest BCUT2D eigenvalue weighted by Crippen LogP contribution is -2.53. The number of hydrogen-bond donors (Lipinski definition) is 1. The molecular formula is C12H23N3O2S. The molecule has 0 saturated carbocycles. The molecule has 2 aliphatic rings. The van der Waals surface area contributed by atoms with Crippen LogP contribution in [0.3, 0.4) is 0 Å². The van der Waals surface area contributed by atoms with Gasteiger partial charge >= 0.3 is 0 Å². The monoisotopic (exact) mass is 273 g/mol. The van der Waals surface area contributed by atoms with Crippen LogP contribution in [0, 0.1) is 0 Å². The first-order valence-electron chi connectivity index (χ1n) is 6.73. The van der Waals surface area contributed by atoms with Crippen LogP contribution in [0.2, 0.25) is 0 Å². The molecule has 2 aliphatic heterocycles. The average molecular weight is 273 g/mol. The van der Waals surface area contributed by atoms with Crippen LogP contribution < -0.4 is 5.32 Å². The van der Waals surface area contributed by atoms with Crippen LogP contribution in [0.1, 0.15) is 25.7 Å². The van der Waals surface area contributed by atoms with Gasteiger partial charge in [-0.25, -0.2) is 0 Å². The minimum atomic E-state index is -3.28. The van der Waals surface area contributed by atoms with Gasteiger partial charge in [0.05, 0.1) is 0 Å². The van der Waals surface area contributed by atoms with Crippen LogP contribution in [-0.4, -0.2) is 56.3 Å². The number of likely N-dealkylation sites (N-methyl/N-ethyl adjacent to an activating group) is 1. The van der Waals surface area contributed by atoms with Crippen molar-refractivity contribution in [1.82, 2.24) is 13.9 Å². The third-order valence-electron chi connectivity index (χ3n) is 3.66. The summed E-state index contributed by atoms with van der Waals surface area (Å²) in [7, 11) is -1.40. The van der Waals surface area contributed by atoms with Gasteiger partial charge in [0, 0.05) is 32.2 Å². The van der Waals surface area contributed by atoms with Gasteiger partial charge in [-0.15, -0.1) is 0 Å². The largest absolute Gasteiger partial charge is 0.318 e. The van der Waals surface area contributed by atoms with E-state index < -0.39 is 10.2 Å². The van der Waals surface area contributed by atoms with Crippen LogP contribution in [0.4, 0.5) is 0 Å². The van der Waals surface area contributed by atoms with Crippen molar-refractivity contribution in [3.05, 3.63) is 12.2 Å². The quantitative estimate of drug-likeness (QED) is 0.762. The van der Waals surface area contributed by atoms with Crippen LogP contribution in [0.25, 0.3) is 0 Å². The first kappa shape index (κ1) is 14.0. The summed E-state index contributed by atoms with van der Waals surface area (Å²) in [4.78, 5) is 0. The second-order valence-electron chi connectivity index (χ2n) is 4.94. The molecule has 104 valence electrons. The van der Waals surface area contributed by atoms with E-state index in [1.54, 1.807) is 8.61 Å². The topological polar surface area (TPSA) is 52.7 Å². The molecule has 0 spiro atoms. The highest BCUT2D eigenvalue weighted by Gasteiger charge is 2.35. The fourth-order valence-corrected chi connectivity index (χ4v) is 4.52. The van der Waals surface area contributed by atoms with E-state index in [0.717, 1.165) is 32.2 Å². The summed E-state index contributed by atoms with van der Waals surface area (Å²) in [5.74, 6) is 0. The third-order valence-corrected chi connectivity index (χ3v) is 5.71. The number of piperidine rings is 1. The molecule has 1 unspecified atom stereocenters. The fraction of sp³-hybridized carbons (Fsp3) is 0.833. The molecule has 2 rings (SSSR count). The standard InChI is InChI=1S/C12H23N3O2S/c1-13-11-12-7-3-6-10-15(12)18(16,17)14-8-4-2-5-9-14/h2,4,12-13H,3,5-11H2,1H3. The number of nitrogens with one attached hydrogen (secondary N) is 1. The summed E-state index contributed by atoms with van der Waals surface area (Å²) in [6.07, 6.45) is 7.88. The van der Waals surface area contributed by atoms with Gasteiger partial charge in [0.15, 0.2) is 0 Å². The number of nitrogens with zero attached hydrogens (tertiary/aromatic N) is 2. The Hall–Kier alpha value is -0.430. The molecule has 0 aromatic heterocycles. The van der Waals surface area contributed by atoms with Gasteiger partial charge in [-0.05, 0) is 26.3 Å². The maximum Gasteiger partial charge on any atom is 0.282 e. The smallest absolute Gasteiger partial charge is 0.282 e. The molecule has 0 amide bonds. The Kier molecular flexibility index (Phi) is 4.77. The molecule has 0 aromatic carbocycles. The molecule has 18 heavy (non-hydrogen) atoms. The molecule has 0 radical (unpaired) electrons. The van der Waals surface area contributed by atoms with Crippen LogP contribution in [0.15, 0.2) is 12.2 Å². The number of hydrogen-bond acceptors (Lipinski definition) is 3. The molecule has 1 N–H and O–H groups in total. The molecule has 0 aliphatic carbocycles. The molecule has 2 heterocycles. The summed E-state index contributed by atoms with van der Waals surface area (Å²) in [6.45, 7) is 2.53. The Balaban J connectivity index is 2.13. The summed E-state index contributed by atoms with van der Waals surface area (Å²) >= 11 is 0. The maximum atomic E-state index is 12.6. The van der Waals surface area contributed by atoms with E-state index in [4.69, 9.17) is 0 Å². The van der Waals surface area contributed by atoms with Crippen molar-refractivity contribution in [3.8, 4) is 0 Å².